The summed E-state index contributed by atoms with van der Waals surface area (Å²) in [6.07, 6.45) is 7.05. The third-order valence-electron chi connectivity index (χ3n) is 7.05. The van der Waals surface area contributed by atoms with Crippen LogP contribution in [0, 0.1) is 22.7 Å². The third-order valence-corrected chi connectivity index (χ3v) is 7.05. The molecule has 0 spiro atoms. The van der Waals surface area contributed by atoms with E-state index in [2.05, 4.69) is 0 Å². The largest absolute Gasteiger partial charge is 0.468 e. The zero-order chi connectivity index (χ0) is 21.8. The van der Waals surface area contributed by atoms with Gasteiger partial charge < -0.3 is 4.74 Å². The SMILES string of the molecule is COC(=O)[C@]12C(=O)[C@](C)(C(c3ccccc3)=C1c1ccccc1)[C@H]1C=CC=C[C@@H]2C1=O. The van der Waals surface area contributed by atoms with Crippen LogP contribution < -0.4 is 0 Å². The number of Topliss-reactive ketones (excluding diaryl/α,β-unsaturated/α-hetero) is 2. The summed E-state index contributed by atoms with van der Waals surface area (Å²) in [5, 5.41) is 0. The van der Waals surface area contributed by atoms with Crippen LogP contribution in [-0.4, -0.2) is 24.6 Å². The van der Waals surface area contributed by atoms with Gasteiger partial charge in [-0.25, -0.2) is 0 Å². The van der Waals surface area contributed by atoms with Crippen molar-refractivity contribution in [2.45, 2.75) is 6.92 Å². The Bertz CT molecular complexity index is 1190. The molecule has 4 heteroatoms. The molecule has 4 bridgehead atoms. The van der Waals surface area contributed by atoms with Crippen molar-refractivity contribution in [1.29, 1.82) is 0 Å². The average molecular weight is 410 g/mol. The number of carbonyl (C=O) groups excluding carboxylic acids is 3. The quantitative estimate of drug-likeness (QED) is 0.560. The summed E-state index contributed by atoms with van der Waals surface area (Å²) in [6, 6.07) is 19.0. The minimum atomic E-state index is -1.72. The predicted molar refractivity (Wildman–Crippen MR) is 118 cm³/mol. The van der Waals surface area contributed by atoms with Crippen LogP contribution in [-0.2, 0) is 19.1 Å². The molecule has 5 rings (SSSR count). The number of hydrogen-bond acceptors (Lipinski definition) is 4. The number of rotatable bonds is 3. The lowest BCUT2D eigenvalue weighted by atomic mass is 9.54. The molecule has 2 aromatic rings. The molecule has 3 aliphatic rings. The van der Waals surface area contributed by atoms with E-state index in [4.69, 9.17) is 4.74 Å². The Morgan fingerprint density at radius 3 is 1.87 bits per heavy atom. The highest BCUT2D eigenvalue weighted by atomic mass is 16.5. The Labute approximate surface area is 180 Å². The van der Waals surface area contributed by atoms with Crippen molar-refractivity contribution in [3.05, 3.63) is 96.1 Å². The maximum absolute atomic E-state index is 14.3. The lowest BCUT2D eigenvalue weighted by Gasteiger charge is -2.43. The number of methoxy groups -OCH3 is 1. The molecular formula is C27H22O4. The summed E-state index contributed by atoms with van der Waals surface area (Å²) in [5.74, 6) is -2.66. The zero-order valence-electron chi connectivity index (χ0n) is 17.4. The molecule has 4 nitrogen and oxygen atoms in total. The van der Waals surface area contributed by atoms with Crippen LogP contribution in [0.2, 0.25) is 0 Å². The van der Waals surface area contributed by atoms with Gasteiger partial charge in [-0.1, -0.05) is 85.0 Å². The molecule has 154 valence electrons. The topological polar surface area (TPSA) is 60.4 Å². The van der Waals surface area contributed by atoms with Crippen molar-refractivity contribution < 1.29 is 19.1 Å². The van der Waals surface area contributed by atoms with Gasteiger partial charge >= 0.3 is 5.97 Å². The molecule has 4 atom stereocenters. The van der Waals surface area contributed by atoms with E-state index in [9.17, 15) is 14.4 Å². The molecule has 0 N–H and O–H groups in total. The number of fused-ring (bicyclic) bond motifs is 6. The van der Waals surface area contributed by atoms with Gasteiger partial charge in [0.15, 0.2) is 11.2 Å². The van der Waals surface area contributed by atoms with Crippen molar-refractivity contribution in [1.82, 2.24) is 0 Å². The van der Waals surface area contributed by atoms with Crippen LogP contribution in [0.5, 0.6) is 0 Å². The predicted octanol–water partition coefficient (Wildman–Crippen LogP) is 4.29. The number of ether oxygens (including phenoxy) is 1. The number of carbonyl (C=O) groups is 3. The number of hydrogen-bond donors (Lipinski definition) is 0. The van der Waals surface area contributed by atoms with Crippen molar-refractivity contribution in [3.8, 4) is 0 Å². The van der Waals surface area contributed by atoms with Gasteiger partial charge in [0, 0.05) is 0 Å². The Kier molecular flexibility index (Phi) is 4.23. The molecule has 0 aliphatic heterocycles. The van der Waals surface area contributed by atoms with Gasteiger partial charge in [0.2, 0.25) is 0 Å². The van der Waals surface area contributed by atoms with Gasteiger partial charge in [-0.15, -0.1) is 0 Å². The monoisotopic (exact) mass is 410 g/mol. The van der Waals surface area contributed by atoms with Crippen molar-refractivity contribution >= 4 is 28.7 Å². The maximum atomic E-state index is 14.3. The minimum absolute atomic E-state index is 0.128. The van der Waals surface area contributed by atoms with E-state index in [1.165, 1.54) is 7.11 Å². The van der Waals surface area contributed by atoms with E-state index in [1.807, 2.05) is 60.7 Å². The molecular weight excluding hydrogens is 388 g/mol. The molecule has 0 aromatic heterocycles. The van der Waals surface area contributed by atoms with Crippen molar-refractivity contribution in [2.24, 2.45) is 22.7 Å². The van der Waals surface area contributed by atoms with Crippen LogP contribution in [0.4, 0.5) is 0 Å². The zero-order valence-corrected chi connectivity index (χ0v) is 17.4. The molecule has 31 heavy (non-hydrogen) atoms. The highest BCUT2D eigenvalue weighted by molar-refractivity contribution is 6.34. The molecule has 0 radical (unpaired) electrons. The highest BCUT2D eigenvalue weighted by Crippen LogP contribution is 2.68. The summed E-state index contributed by atoms with van der Waals surface area (Å²) in [7, 11) is 1.28. The molecule has 1 saturated carbocycles. The first-order chi connectivity index (χ1) is 15.0. The first-order valence-corrected chi connectivity index (χ1v) is 10.4. The molecule has 3 aliphatic carbocycles. The molecule has 0 unspecified atom stereocenters. The fraction of sp³-hybridized carbons (Fsp3) is 0.222. The van der Waals surface area contributed by atoms with E-state index in [1.54, 1.807) is 31.2 Å². The molecule has 0 amide bonds. The first-order valence-electron chi connectivity index (χ1n) is 10.4. The van der Waals surface area contributed by atoms with E-state index in [0.29, 0.717) is 5.57 Å². The summed E-state index contributed by atoms with van der Waals surface area (Å²) in [5.41, 5.74) is -0.00210. The maximum Gasteiger partial charge on any atom is 0.325 e. The number of benzene rings is 2. The van der Waals surface area contributed by atoms with Crippen LogP contribution in [0.15, 0.2) is 85.0 Å². The van der Waals surface area contributed by atoms with Crippen LogP contribution >= 0.6 is 0 Å². The summed E-state index contributed by atoms with van der Waals surface area (Å²) in [4.78, 5) is 41.6. The Balaban J connectivity index is 2.00. The first kappa shape index (κ1) is 19.4. The van der Waals surface area contributed by atoms with E-state index in [0.717, 1.165) is 16.7 Å². The van der Waals surface area contributed by atoms with Gasteiger partial charge in [0.25, 0.3) is 0 Å². The van der Waals surface area contributed by atoms with Gasteiger partial charge in [0.1, 0.15) is 5.78 Å². The van der Waals surface area contributed by atoms with E-state index in [-0.39, 0.29) is 11.6 Å². The van der Waals surface area contributed by atoms with Crippen LogP contribution in [0.3, 0.4) is 0 Å². The summed E-state index contributed by atoms with van der Waals surface area (Å²) < 4.78 is 5.24. The lowest BCUT2D eigenvalue weighted by molar-refractivity contribution is -0.165. The highest BCUT2D eigenvalue weighted by Gasteiger charge is 2.74. The standard InChI is InChI=1S/C27H22O4/c1-26-19-15-9-10-16-20(23(19)28)27(24(26)29,25(30)31-2)22(18-13-7-4-8-14-18)21(26)17-11-5-3-6-12-17/h3-16,19-20H,1-2H3/t19-,20+,26-,27-/m0/s1. The Hall–Kier alpha value is -3.53. The van der Waals surface area contributed by atoms with Crippen LogP contribution in [0.25, 0.3) is 11.1 Å². The van der Waals surface area contributed by atoms with E-state index < -0.39 is 28.6 Å². The van der Waals surface area contributed by atoms with E-state index >= 15 is 0 Å². The second-order valence-corrected chi connectivity index (χ2v) is 8.44. The van der Waals surface area contributed by atoms with Gasteiger partial charge in [-0.05, 0) is 29.2 Å². The molecule has 2 aromatic carbocycles. The number of ketones is 2. The lowest BCUT2D eigenvalue weighted by Crippen LogP contribution is -2.58. The summed E-state index contributed by atoms with van der Waals surface area (Å²) in [6.45, 7) is 1.81. The fourth-order valence-electron chi connectivity index (χ4n) is 5.76. The molecule has 0 heterocycles. The number of allylic oxidation sites excluding steroid dienone is 5. The average Bonchev–Trinajstić information content (AvgIpc) is 2.90. The minimum Gasteiger partial charge on any atom is -0.468 e. The second-order valence-electron chi connectivity index (χ2n) is 8.44. The van der Waals surface area contributed by atoms with Crippen molar-refractivity contribution in [2.75, 3.05) is 7.11 Å². The van der Waals surface area contributed by atoms with Gasteiger partial charge in [0.05, 0.1) is 24.4 Å². The van der Waals surface area contributed by atoms with Gasteiger partial charge in [-0.2, -0.15) is 0 Å². The molecule has 0 saturated heterocycles. The Morgan fingerprint density at radius 2 is 1.32 bits per heavy atom. The fourth-order valence-corrected chi connectivity index (χ4v) is 5.76. The smallest absolute Gasteiger partial charge is 0.325 e. The Morgan fingerprint density at radius 1 is 0.806 bits per heavy atom. The summed E-state index contributed by atoms with van der Waals surface area (Å²) >= 11 is 0. The normalized spacial score (nSPS) is 31.0. The van der Waals surface area contributed by atoms with Gasteiger partial charge in [-0.3, -0.25) is 14.4 Å². The molecule has 1 fully saturated rings. The third kappa shape index (κ3) is 2.27. The number of esters is 1. The second kappa shape index (κ2) is 6.74. The van der Waals surface area contributed by atoms with Crippen molar-refractivity contribution in [3.63, 3.8) is 0 Å². The van der Waals surface area contributed by atoms with Crippen LogP contribution in [0.1, 0.15) is 18.1 Å².